The third-order valence-electron chi connectivity index (χ3n) is 5.28. The van der Waals surface area contributed by atoms with E-state index in [-0.39, 0.29) is 28.3 Å². The van der Waals surface area contributed by atoms with E-state index in [4.69, 9.17) is 0 Å². The smallest absolute Gasteiger partial charge is 0.251 e. The van der Waals surface area contributed by atoms with E-state index in [1.54, 1.807) is 19.1 Å². The molecule has 0 aliphatic heterocycles. The summed E-state index contributed by atoms with van der Waals surface area (Å²) < 4.78 is 28.4. The number of sulfonamides is 1. The molecule has 1 amide bonds. The van der Waals surface area contributed by atoms with Crippen LogP contribution in [0.2, 0.25) is 0 Å². The molecule has 0 spiro atoms. The lowest BCUT2D eigenvalue weighted by atomic mass is 9.84. The van der Waals surface area contributed by atoms with Gasteiger partial charge in [-0.2, -0.15) is 0 Å². The average molecular weight is 432 g/mol. The van der Waals surface area contributed by atoms with E-state index in [1.165, 1.54) is 12.1 Å². The number of hydrogen-bond donors (Lipinski definition) is 2. The molecule has 0 bridgehead atoms. The Morgan fingerprint density at radius 1 is 1.03 bits per heavy atom. The molecule has 2 aromatic carbocycles. The Hall–Kier alpha value is -2.22. The molecular formula is C23H33N3O3S. The minimum absolute atomic E-state index is 0.0677. The average Bonchev–Trinajstić information content (AvgIpc) is 2.67. The Balaban J connectivity index is 2.15. The van der Waals surface area contributed by atoms with Crippen molar-refractivity contribution in [1.29, 1.82) is 0 Å². The predicted octanol–water partition coefficient (Wildman–Crippen LogP) is 3.43. The minimum atomic E-state index is -3.77. The molecular weight excluding hydrogens is 398 g/mol. The van der Waals surface area contributed by atoms with Crippen LogP contribution in [0.1, 0.15) is 49.7 Å². The van der Waals surface area contributed by atoms with Crippen molar-refractivity contribution < 1.29 is 13.2 Å². The van der Waals surface area contributed by atoms with Crippen molar-refractivity contribution in [3.63, 3.8) is 0 Å². The molecule has 0 heterocycles. The Labute approximate surface area is 180 Å². The first-order chi connectivity index (χ1) is 13.9. The zero-order valence-electron chi connectivity index (χ0n) is 18.6. The van der Waals surface area contributed by atoms with E-state index in [1.807, 2.05) is 51.4 Å². The number of carbonyl (C=O) groups is 1. The van der Waals surface area contributed by atoms with E-state index < -0.39 is 10.0 Å². The summed E-state index contributed by atoms with van der Waals surface area (Å²) in [7, 11) is 0.215. The van der Waals surface area contributed by atoms with Crippen LogP contribution in [-0.4, -0.2) is 45.9 Å². The molecule has 0 saturated carbocycles. The molecule has 6 nitrogen and oxygen atoms in total. The molecule has 164 valence electrons. The van der Waals surface area contributed by atoms with Gasteiger partial charge in [0.15, 0.2) is 0 Å². The first kappa shape index (κ1) is 24.1. The fourth-order valence-corrected chi connectivity index (χ4v) is 4.62. The third kappa shape index (κ3) is 6.39. The van der Waals surface area contributed by atoms with Gasteiger partial charge in [0, 0.05) is 24.2 Å². The zero-order valence-corrected chi connectivity index (χ0v) is 19.5. The van der Waals surface area contributed by atoms with Crippen LogP contribution in [-0.2, 0) is 10.0 Å². The van der Waals surface area contributed by atoms with Crippen LogP contribution in [0, 0.1) is 5.41 Å². The SMILES string of the molecule is C[C@H](NS(=O)(=O)c1cccc(C(=O)N[C@@H](C)C(C)(C)CN(C)C)c1)c1ccccc1. The lowest BCUT2D eigenvalue weighted by molar-refractivity contribution is 0.0885. The van der Waals surface area contributed by atoms with Crippen LogP contribution < -0.4 is 10.0 Å². The lowest BCUT2D eigenvalue weighted by Crippen LogP contribution is -2.47. The van der Waals surface area contributed by atoms with Gasteiger partial charge < -0.3 is 10.2 Å². The summed E-state index contributed by atoms with van der Waals surface area (Å²) in [5.74, 6) is -0.289. The second-order valence-electron chi connectivity index (χ2n) is 8.70. The molecule has 2 aromatic rings. The van der Waals surface area contributed by atoms with Crippen molar-refractivity contribution in [2.75, 3.05) is 20.6 Å². The number of rotatable bonds is 9. The van der Waals surface area contributed by atoms with Gasteiger partial charge in [0.2, 0.25) is 10.0 Å². The Bertz CT molecular complexity index is 957. The van der Waals surface area contributed by atoms with Gasteiger partial charge >= 0.3 is 0 Å². The van der Waals surface area contributed by atoms with Gasteiger partial charge in [0.1, 0.15) is 0 Å². The van der Waals surface area contributed by atoms with Gasteiger partial charge in [-0.15, -0.1) is 0 Å². The van der Waals surface area contributed by atoms with Crippen LogP contribution in [0.25, 0.3) is 0 Å². The highest BCUT2D eigenvalue weighted by Crippen LogP contribution is 2.22. The summed E-state index contributed by atoms with van der Waals surface area (Å²) >= 11 is 0. The van der Waals surface area contributed by atoms with Crippen LogP contribution in [0.3, 0.4) is 0 Å². The van der Waals surface area contributed by atoms with E-state index in [0.29, 0.717) is 5.56 Å². The molecule has 2 rings (SSSR count). The normalized spacial score (nSPS) is 14.4. The van der Waals surface area contributed by atoms with Gasteiger partial charge in [-0.3, -0.25) is 4.79 Å². The van der Waals surface area contributed by atoms with E-state index in [2.05, 4.69) is 28.8 Å². The van der Waals surface area contributed by atoms with Crippen LogP contribution in [0.5, 0.6) is 0 Å². The summed E-state index contributed by atoms with van der Waals surface area (Å²) in [6.45, 7) is 8.74. The summed E-state index contributed by atoms with van der Waals surface area (Å²) in [5, 5.41) is 3.01. The topological polar surface area (TPSA) is 78.5 Å². The fourth-order valence-electron chi connectivity index (χ4n) is 3.34. The first-order valence-electron chi connectivity index (χ1n) is 10.1. The Morgan fingerprint density at radius 3 is 2.27 bits per heavy atom. The number of hydrogen-bond acceptors (Lipinski definition) is 4. The second kappa shape index (κ2) is 9.73. The highest BCUT2D eigenvalue weighted by molar-refractivity contribution is 7.89. The second-order valence-corrected chi connectivity index (χ2v) is 10.4. The maximum atomic E-state index is 12.8. The molecule has 0 aliphatic rings. The maximum Gasteiger partial charge on any atom is 0.251 e. The van der Waals surface area contributed by atoms with Crippen molar-refractivity contribution in [2.24, 2.45) is 5.41 Å². The molecule has 0 saturated heterocycles. The van der Waals surface area contributed by atoms with E-state index >= 15 is 0 Å². The summed E-state index contributed by atoms with van der Waals surface area (Å²) in [6.07, 6.45) is 0. The summed E-state index contributed by atoms with van der Waals surface area (Å²) in [6, 6.07) is 15.0. The van der Waals surface area contributed by atoms with Crippen molar-refractivity contribution in [3.8, 4) is 0 Å². The standard InChI is InChI=1S/C23H33N3O3S/c1-17(19-11-8-7-9-12-19)25-30(28,29)21-14-10-13-20(15-21)22(27)24-18(2)23(3,4)16-26(5)6/h7-15,17-18,25H,16H2,1-6H3,(H,24,27)/t17-,18-/m0/s1. The van der Waals surface area contributed by atoms with E-state index in [9.17, 15) is 13.2 Å². The maximum absolute atomic E-state index is 12.8. The van der Waals surface area contributed by atoms with Gasteiger partial charge in [-0.1, -0.05) is 50.2 Å². The molecule has 0 fully saturated rings. The van der Waals surface area contributed by atoms with Crippen molar-refractivity contribution >= 4 is 15.9 Å². The molecule has 0 aliphatic carbocycles. The van der Waals surface area contributed by atoms with Crippen molar-refractivity contribution in [1.82, 2.24) is 14.9 Å². The molecule has 0 radical (unpaired) electrons. The summed E-state index contributed by atoms with van der Waals surface area (Å²) in [4.78, 5) is 14.9. The summed E-state index contributed by atoms with van der Waals surface area (Å²) in [5.41, 5.74) is 1.04. The van der Waals surface area contributed by atoms with Gasteiger partial charge in [-0.05, 0) is 57.1 Å². The quantitative estimate of drug-likeness (QED) is 0.638. The molecule has 7 heteroatoms. The highest BCUT2D eigenvalue weighted by Gasteiger charge is 2.28. The minimum Gasteiger partial charge on any atom is -0.349 e. The molecule has 30 heavy (non-hydrogen) atoms. The van der Waals surface area contributed by atoms with Crippen molar-refractivity contribution in [3.05, 3.63) is 65.7 Å². The van der Waals surface area contributed by atoms with Gasteiger partial charge in [-0.25, -0.2) is 13.1 Å². The monoisotopic (exact) mass is 431 g/mol. The Kier molecular flexibility index (Phi) is 7.80. The molecule has 2 N–H and O–H groups in total. The van der Waals surface area contributed by atoms with Crippen LogP contribution in [0.4, 0.5) is 0 Å². The zero-order chi connectivity index (χ0) is 22.5. The predicted molar refractivity (Wildman–Crippen MR) is 121 cm³/mol. The molecule has 2 atom stereocenters. The number of nitrogens with one attached hydrogen (secondary N) is 2. The largest absolute Gasteiger partial charge is 0.349 e. The lowest BCUT2D eigenvalue weighted by Gasteiger charge is -2.34. The van der Waals surface area contributed by atoms with Crippen LogP contribution in [0.15, 0.2) is 59.5 Å². The Morgan fingerprint density at radius 2 is 1.67 bits per heavy atom. The van der Waals surface area contributed by atoms with Gasteiger partial charge in [0.05, 0.1) is 4.90 Å². The highest BCUT2D eigenvalue weighted by atomic mass is 32.2. The number of benzene rings is 2. The van der Waals surface area contributed by atoms with E-state index in [0.717, 1.165) is 12.1 Å². The van der Waals surface area contributed by atoms with Crippen molar-refractivity contribution in [2.45, 2.75) is 44.7 Å². The molecule has 0 aromatic heterocycles. The fraction of sp³-hybridized carbons (Fsp3) is 0.435. The first-order valence-corrected chi connectivity index (χ1v) is 11.5. The number of nitrogens with zero attached hydrogens (tertiary/aromatic N) is 1. The number of amides is 1. The number of carbonyl (C=O) groups excluding carboxylic acids is 1. The van der Waals surface area contributed by atoms with Crippen LogP contribution >= 0.6 is 0 Å². The third-order valence-corrected chi connectivity index (χ3v) is 6.82. The molecule has 0 unspecified atom stereocenters. The van der Waals surface area contributed by atoms with Gasteiger partial charge in [0.25, 0.3) is 5.91 Å².